The van der Waals surface area contributed by atoms with Crippen LogP contribution in [0.1, 0.15) is 56.0 Å². The first kappa shape index (κ1) is 20.1. The van der Waals surface area contributed by atoms with E-state index in [1.165, 1.54) is 0 Å². The van der Waals surface area contributed by atoms with Crippen molar-refractivity contribution in [2.24, 2.45) is 4.99 Å². The number of ether oxygens (including phenoxy) is 3. The van der Waals surface area contributed by atoms with Crippen LogP contribution in [0.5, 0.6) is 11.5 Å². The van der Waals surface area contributed by atoms with Crippen molar-refractivity contribution < 1.29 is 14.2 Å². The molecule has 0 spiro atoms. The second-order valence-electron chi connectivity index (χ2n) is 8.05. The fourth-order valence-corrected chi connectivity index (χ4v) is 5.24. The number of H-pyrrole nitrogens is 1. The number of hydrogen-bond acceptors (Lipinski definition) is 6. The second kappa shape index (κ2) is 7.57. The van der Waals surface area contributed by atoms with Crippen LogP contribution in [0.2, 0.25) is 0 Å². The summed E-state index contributed by atoms with van der Waals surface area (Å²) < 4.78 is 18.6. The maximum atomic E-state index is 13.0. The van der Waals surface area contributed by atoms with Gasteiger partial charge in [0.25, 0.3) is 5.56 Å². The van der Waals surface area contributed by atoms with Crippen LogP contribution in [0.4, 0.5) is 5.82 Å². The van der Waals surface area contributed by atoms with Crippen LogP contribution in [0.15, 0.2) is 28.0 Å². The molecule has 1 saturated heterocycles. The highest BCUT2D eigenvalue weighted by atomic mass is 32.2. The molecule has 0 saturated carbocycles. The Labute approximate surface area is 174 Å². The van der Waals surface area contributed by atoms with Gasteiger partial charge in [-0.3, -0.25) is 14.6 Å². The van der Waals surface area contributed by atoms with Gasteiger partial charge in [0, 0.05) is 6.61 Å². The molecule has 7 nitrogen and oxygen atoms in total. The zero-order valence-corrected chi connectivity index (χ0v) is 18.3. The Morgan fingerprint density at radius 2 is 2.03 bits per heavy atom. The van der Waals surface area contributed by atoms with E-state index in [0.717, 1.165) is 29.3 Å². The van der Waals surface area contributed by atoms with Crippen molar-refractivity contribution in [2.45, 2.75) is 50.5 Å². The van der Waals surface area contributed by atoms with Crippen molar-refractivity contribution in [2.75, 3.05) is 20.8 Å². The van der Waals surface area contributed by atoms with Gasteiger partial charge in [-0.05, 0) is 51.3 Å². The van der Waals surface area contributed by atoms with Crippen LogP contribution in [-0.2, 0) is 4.74 Å². The van der Waals surface area contributed by atoms with Gasteiger partial charge < -0.3 is 14.2 Å². The number of fused-ring (bicyclic) bond motifs is 1. The Hall–Kier alpha value is -2.19. The van der Waals surface area contributed by atoms with Crippen molar-refractivity contribution in [3.05, 3.63) is 39.7 Å². The predicted octanol–water partition coefficient (Wildman–Crippen LogP) is 4.21. The number of hydrogen-bond donors (Lipinski definition) is 1. The first-order valence-corrected chi connectivity index (χ1v) is 10.6. The van der Waals surface area contributed by atoms with Gasteiger partial charge in [-0.2, -0.15) is 0 Å². The van der Waals surface area contributed by atoms with Crippen LogP contribution in [-0.4, -0.2) is 41.3 Å². The van der Waals surface area contributed by atoms with E-state index in [1.54, 1.807) is 26.0 Å². The van der Waals surface area contributed by atoms with Crippen LogP contribution >= 0.6 is 11.8 Å². The van der Waals surface area contributed by atoms with E-state index in [4.69, 9.17) is 19.2 Å². The molecule has 3 heterocycles. The quantitative estimate of drug-likeness (QED) is 0.806. The number of aliphatic imine (C=N–C) groups is 1. The molecule has 2 aliphatic heterocycles. The van der Waals surface area contributed by atoms with Gasteiger partial charge in [-0.15, -0.1) is 0 Å². The highest BCUT2D eigenvalue weighted by molar-refractivity contribution is 8.14. The summed E-state index contributed by atoms with van der Waals surface area (Å²) in [7, 11) is 3.23. The fraction of sp³-hybridized carbons (Fsp3) is 0.524. The Kier molecular flexibility index (Phi) is 5.25. The number of nitrogens with one attached hydrogen (secondary N) is 1. The molecule has 4 rings (SSSR count). The zero-order chi connectivity index (χ0) is 20.8. The largest absolute Gasteiger partial charge is 0.493 e. The summed E-state index contributed by atoms with van der Waals surface area (Å²) in [6, 6.07) is 5.95. The number of aromatic amines is 1. The molecule has 1 aromatic heterocycles. The third kappa shape index (κ3) is 3.71. The van der Waals surface area contributed by atoms with Gasteiger partial charge in [0.15, 0.2) is 17.3 Å². The van der Waals surface area contributed by atoms with Crippen molar-refractivity contribution in [1.29, 1.82) is 0 Å². The third-order valence-corrected chi connectivity index (χ3v) is 6.67. The molecule has 8 heteroatoms. The van der Waals surface area contributed by atoms with Crippen LogP contribution in [0.3, 0.4) is 0 Å². The van der Waals surface area contributed by atoms with Crippen LogP contribution in [0.25, 0.3) is 0 Å². The maximum Gasteiger partial charge on any atom is 0.271 e. The Morgan fingerprint density at radius 3 is 2.72 bits per heavy atom. The predicted molar refractivity (Wildman–Crippen MR) is 115 cm³/mol. The lowest BCUT2D eigenvalue weighted by molar-refractivity contribution is -0.0705. The molecule has 0 radical (unpaired) electrons. The molecule has 0 amide bonds. The minimum Gasteiger partial charge on any atom is -0.493 e. The lowest BCUT2D eigenvalue weighted by Gasteiger charge is -2.36. The van der Waals surface area contributed by atoms with E-state index in [9.17, 15) is 4.79 Å². The van der Waals surface area contributed by atoms with Crippen molar-refractivity contribution >= 4 is 22.6 Å². The van der Waals surface area contributed by atoms with Crippen molar-refractivity contribution in [3.8, 4) is 11.5 Å². The molecule has 156 valence electrons. The van der Waals surface area contributed by atoms with E-state index in [0.29, 0.717) is 23.7 Å². The minimum absolute atomic E-state index is 0.0900. The summed E-state index contributed by atoms with van der Waals surface area (Å²) in [5.74, 6) is 2.04. The summed E-state index contributed by atoms with van der Waals surface area (Å²) >= 11 is 1.58. The molecule has 2 aromatic rings. The lowest BCUT2D eigenvalue weighted by Crippen LogP contribution is -2.35. The second-order valence-corrected chi connectivity index (χ2v) is 9.34. The minimum atomic E-state index is -0.220. The van der Waals surface area contributed by atoms with E-state index >= 15 is 0 Å². The lowest BCUT2D eigenvalue weighted by atomic mass is 9.94. The highest BCUT2D eigenvalue weighted by Crippen LogP contribution is 2.46. The molecule has 1 N–H and O–H groups in total. The Balaban J connectivity index is 1.78. The van der Waals surface area contributed by atoms with Crippen LogP contribution < -0.4 is 15.0 Å². The molecule has 0 aliphatic carbocycles. The standard InChI is InChI=1S/C21H27N3O4S/c1-12-22-19-17(18(29-12)13-6-7-15(26-4)16(10-13)27-5)20(25)23-24(19)14-8-9-28-21(2,3)11-14/h6-7,10,14,18H,8-9,11H2,1-5H3,(H,23,25)/t14-,18+/m0/s1. The Bertz CT molecular complexity index is 1010. The molecule has 1 fully saturated rings. The number of aromatic nitrogens is 2. The van der Waals surface area contributed by atoms with Gasteiger partial charge in [0.05, 0.1) is 41.7 Å². The smallest absolute Gasteiger partial charge is 0.271 e. The summed E-state index contributed by atoms with van der Waals surface area (Å²) in [4.78, 5) is 17.8. The van der Waals surface area contributed by atoms with Gasteiger partial charge in [0.2, 0.25) is 0 Å². The summed E-state index contributed by atoms with van der Waals surface area (Å²) in [5.41, 5.74) is 1.37. The average molecular weight is 418 g/mol. The van der Waals surface area contributed by atoms with E-state index in [2.05, 4.69) is 18.9 Å². The molecule has 2 atom stereocenters. The van der Waals surface area contributed by atoms with E-state index in [-0.39, 0.29) is 22.5 Å². The van der Waals surface area contributed by atoms with Gasteiger partial charge in [0.1, 0.15) is 0 Å². The monoisotopic (exact) mass is 417 g/mol. The first-order chi connectivity index (χ1) is 13.8. The molecule has 29 heavy (non-hydrogen) atoms. The topological polar surface area (TPSA) is 77.8 Å². The van der Waals surface area contributed by atoms with Crippen molar-refractivity contribution in [1.82, 2.24) is 9.78 Å². The maximum absolute atomic E-state index is 13.0. The number of benzene rings is 1. The molecule has 2 aliphatic rings. The number of nitrogens with zero attached hydrogens (tertiary/aromatic N) is 2. The fourth-order valence-electron chi connectivity index (χ4n) is 4.14. The van der Waals surface area contributed by atoms with Gasteiger partial charge in [-0.1, -0.05) is 17.8 Å². The van der Waals surface area contributed by atoms with Gasteiger partial charge >= 0.3 is 0 Å². The van der Waals surface area contributed by atoms with Crippen LogP contribution in [0, 0.1) is 0 Å². The zero-order valence-electron chi connectivity index (χ0n) is 17.4. The third-order valence-electron chi connectivity index (χ3n) is 5.50. The summed E-state index contributed by atoms with van der Waals surface area (Å²) in [6.07, 6.45) is 1.68. The van der Waals surface area contributed by atoms with Crippen molar-refractivity contribution in [3.63, 3.8) is 0 Å². The average Bonchev–Trinajstić information content (AvgIpc) is 3.02. The molecule has 0 bridgehead atoms. The molecular weight excluding hydrogens is 390 g/mol. The molecule has 1 aromatic carbocycles. The molecule has 0 unspecified atom stereocenters. The summed E-state index contributed by atoms with van der Waals surface area (Å²) in [5, 5.41) is 3.84. The van der Waals surface area contributed by atoms with E-state index < -0.39 is 0 Å². The highest BCUT2D eigenvalue weighted by Gasteiger charge is 2.36. The first-order valence-electron chi connectivity index (χ1n) is 9.75. The number of methoxy groups -OCH3 is 2. The number of rotatable bonds is 4. The number of thioether (sulfide) groups is 1. The summed E-state index contributed by atoms with van der Waals surface area (Å²) in [6.45, 7) is 6.83. The van der Waals surface area contributed by atoms with Gasteiger partial charge in [-0.25, -0.2) is 4.99 Å². The normalized spacial score (nSPS) is 23.3. The van der Waals surface area contributed by atoms with E-state index in [1.807, 2.05) is 29.8 Å². The molecular formula is C21H27N3O4S. The Morgan fingerprint density at radius 1 is 1.28 bits per heavy atom. The SMILES string of the molecule is COc1ccc([C@H]2SC(C)=Nc3c2c(=O)[nH]n3[C@H]2CCOC(C)(C)C2)cc1OC.